The molecule has 1 fully saturated rings. The van der Waals surface area contributed by atoms with Crippen LogP contribution in [0.15, 0.2) is 0 Å². The van der Waals surface area contributed by atoms with Gasteiger partial charge in [-0.05, 0) is 12.3 Å². The van der Waals surface area contributed by atoms with Crippen LogP contribution in [-0.2, 0) is 9.53 Å². The van der Waals surface area contributed by atoms with Crippen molar-refractivity contribution in [3.05, 3.63) is 0 Å². The first-order chi connectivity index (χ1) is 7.01. The minimum absolute atomic E-state index is 0.0436. The van der Waals surface area contributed by atoms with Crippen LogP contribution in [0.3, 0.4) is 0 Å². The molecule has 0 saturated carbocycles. The molecule has 0 aromatic heterocycles. The van der Waals surface area contributed by atoms with E-state index in [-0.39, 0.29) is 17.9 Å². The van der Waals surface area contributed by atoms with Gasteiger partial charge in [-0.25, -0.2) is 0 Å². The van der Waals surface area contributed by atoms with Crippen molar-refractivity contribution in [1.82, 2.24) is 4.90 Å². The number of amides is 1. The summed E-state index contributed by atoms with van der Waals surface area (Å²) < 4.78 is 5.45. The zero-order valence-corrected chi connectivity index (χ0v) is 9.95. The van der Waals surface area contributed by atoms with Gasteiger partial charge in [0.2, 0.25) is 5.91 Å². The van der Waals surface area contributed by atoms with E-state index in [1.807, 2.05) is 11.8 Å². The Morgan fingerprint density at radius 3 is 2.80 bits per heavy atom. The van der Waals surface area contributed by atoms with Gasteiger partial charge in [-0.2, -0.15) is 0 Å². The molecule has 1 aliphatic heterocycles. The average Bonchev–Trinajstić information content (AvgIpc) is 2.49. The van der Waals surface area contributed by atoms with Crippen molar-refractivity contribution in [3.63, 3.8) is 0 Å². The molecule has 0 aromatic rings. The van der Waals surface area contributed by atoms with Crippen LogP contribution >= 0.6 is 0 Å². The molecule has 4 nitrogen and oxygen atoms in total. The third-order valence-corrected chi connectivity index (χ3v) is 3.19. The highest BCUT2D eigenvalue weighted by Gasteiger charge is 2.40. The van der Waals surface area contributed by atoms with Crippen LogP contribution in [-0.4, -0.2) is 43.7 Å². The van der Waals surface area contributed by atoms with E-state index in [4.69, 9.17) is 10.5 Å². The Hall–Kier alpha value is -0.610. The molecule has 0 aliphatic carbocycles. The first-order valence-corrected chi connectivity index (χ1v) is 5.57. The summed E-state index contributed by atoms with van der Waals surface area (Å²) in [6.07, 6.45) is 0. The molecule has 4 heteroatoms. The summed E-state index contributed by atoms with van der Waals surface area (Å²) in [5.41, 5.74) is 5.50. The van der Waals surface area contributed by atoms with Gasteiger partial charge in [0.1, 0.15) is 0 Å². The van der Waals surface area contributed by atoms with Crippen LogP contribution in [0, 0.1) is 11.3 Å². The van der Waals surface area contributed by atoms with E-state index in [2.05, 4.69) is 13.8 Å². The Kier molecular flexibility index (Phi) is 4.11. The first kappa shape index (κ1) is 12.5. The standard InChI is InChI=1S/C11H22N2O2/c1-4-15-7-9-6-13(10(14)5-12)8-11(9,2)3/h9H,4-8,12H2,1-3H3/t9-/m1/s1. The molecule has 0 bridgehead atoms. The summed E-state index contributed by atoms with van der Waals surface area (Å²) in [5, 5.41) is 0. The number of likely N-dealkylation sites (tertiary alicyclic amines) is 1. The third-order valence-electron chi connectivity index (χ3n) is 3.19. The van der Waals surface area contributed by atoms with Crippen LogP contribution in [0.4, 0.5) is 0 Å². The number of carbonyl (C=O) groups excluding carboxylic acids is 1. The Bertz CT molecular complexity index is 229. The van der Waals surface area contributed by atoms with Crippen molar-refractivity contribution >= 4 is 5.91 Å². The van der Waals surface area contributed by atoms with Gasteiger partial charge in [0, 0.05) is 25.6 Å². The van der Waals surface area contributed by atoms with E-state index >= 15 is 0 Å². The van der Waals surface area contributed by atoms with Gasteiger partial charge in [-0.15, -0.1) is 0 Å². The second-order valence-electron chi connectivity index (χ2n) is 4.82. The molecule has 0 aromatic carbocycles. The minimum atomic E-state index is 0.0436. The monoisotopic (exact) mass is 214 g/mol. The quantitative estimate of drug-likeness (QED) is 0.740. The highest BCUT2D eigenvalue weighted by molar-refractivity contribution is 5.78. The van der Waals surface area contributed by atoms with Crippen LogP contribution in [0.25, 0.3) is 0 Å². The zero-order chi connectivity index (χ0) is 11.5. The Morgan fingerprint density at radius 2 is 2.27 bits per heavy atom. The van der Waals surface area contributed by atoms with Crippen LogP contribution in [0.5, 0.6) is 0 Å². The van der Waals surface area contributed by atoms with Gasteiger partial charge in [0.05, 0.1) is 13.2 Å². The number of nitrogens with zero attached hydrogens (tertiary/aromatic N) is 1. The lowest BCUT2D eigenvalue weighted by Crippen LogP contribution is -2.35. The van der Waals surface area contributed by atoms with Crippen LogP contribution in [0.2, 0.25) is 0 Å². The molecular weight excluding hydrogens is 192 g/mol. The minimum Gasteiger partial charge on any atom is -0.381 e. The fourth-order valence-corrected chi connectivity index (χ4v) is 2.06. The van der Waals surface area contributed by atoms with Gasteiger partial charge in [0.25, 0.3) is 0 Å². The topological polar surface area (TPSA) is 55.6 Å². The highest BCUT2D eigenvalue weighted by atomic mass is 16.5. The maximum atomic E-state index is 11.5. The fourth-order valence-electron chi connectivity index (χ4n) is 2.06. The van der Waals surface area contributed by atoms with E-state index in [0.717, 1.165) is 26.3 Å². The van der Waals surface area contributed by atoms with Gasteiger partial charge in [-0.1, -0.05) is 13.8 Å². The molecule has 1 saturated heterocycles. The smallest absolute Gasteiger partial charge is 0.236 e. The van der Waals surface area contributed by atoms with Gasteiger partial charge >= 0.3 is 0 Å². The molecule has 1 aliphatic rings. The van der Waals surface area contributed by atoms with E-state index in [0.29, 0.717) is 5.92 Å². The maximum absolute atomic E-state index is 11.5. The first-order valence-electron chi connectivity index (χ1n) is 5.57. The molecule has 1 rings (SSSR count). The number of hydrogen-bond donors (Lipinski definition) is 1. The zero-order valence-electron chi connectivity index (χ0n) is 9.95. The predicted molar refractivity (Wildman–Crippen MR) is 59.4 cm³/mol. The summed E-state index contributed by atoms with van der Waals surface area (Å²) in [6, 6.07) is 0. The summed E-state index contributed by atoms with van der Waals surface area (Å²) in [7, 11) is 0. The maximum Gasteiger partial charge on any atom is 0.236 e. The fraction of sp³-hybridized carbons (Fsp3) is 0.909. The van der Waals surface area contributed by atoms with Crippen molar-refractivity contribution in [3.8, 4) is 0 Å². The third kappa shape index (κ3) is 2.92. The van der Waals surface area contributed by atoms with Gasteiger partial charge in [-0.3, -0.25) is 4.79 Å². The highest BCUT2D eigenvalue weighted by Crippen LogP contribution is 2.35. The molecule has 15 heavy (non-hydrogen) atoms. The molecule has 1 atom stereocenters. The second-order valence-corrected chi connectivity index (χ2v) is 4.82. The summed E-state index contributed by atoms with van der Waals surface area (Å²) in [4.78, 5) is 13.3. The molecular formula is C11H22N2O2. The number of rotatable bonds is 4. The summed E-state index contributed by atoms with van der Waals surface area (Å²) in [6.45, 7) is 9.50. The van der Waals surface area contributed by atoms with Crippen molar-refractivity contribution in [1.29, 1.82) is 0 Å². The largest absolute Gasteiger partial charge is 0.381 e. The molecule has 0 spiro atoms. The lowest BCUT2D eigenvalue weighted by Gasteiger charge is -2.24. The molecule has 2 N–H and O–H groups in total. The molecule has 1 heterocycles. The lowest BCUT2D eigenvalue weighted by atomic mass is 9.83. The van der Waals surface area contributed by atoms with Gasteiger partial charge < -0.3 is 15.4 Å². The average molecular weight is 214 g/mol. The van der Waals surface area contributed by atoms with Crippen molar-refractivity contribution < 1.29 is 9.53 Å². The SMILES string of the molecule is CCOC[C@H]1CN(C(=O)CN)CC1(C)C. The van der Waals surface area contributed by atoms with Gasteiger partial charge in [0.15, 0.2) is 0 Å². The summed E-state index contributed by atoms with van der Waals surface area (Å²) in [5.74, 6) is 0.468. The molecule has 1 amide bonds. The number of carbonyl (C=O) groups is 1. The predicted octanol–water partition coefficient (Wildman–Crippen LogP) is 0.466. The van der Waals surface area contributed by atoms with Crippen LogP contribution < -0.4 is 5.73 Å². The number of ether oxygens (including phenoxy) is 1. The van der Waals surface area contributed by atoms with Crippen molar-refractivity contribution in [2.75, 3.05) is 32.8 Å². The molecule has 0 radical (unpaired) electrons. The Balaban J connectivity index is 2.55. The van der Waals surface area contributed by atoms with E-state index in [1.54, 1.807) is 0 Å². The second kappa shape index (κ2) is 4.94. The van der Waals surface area contributed by atoms with E-state index in [1.165, 1.54) is 0 Å². The van der Waals surface area contributed by atoms with Crippen molar-refractivity contribution in [2.24, 2.45) is 17.1 Å². The lowest BCUT2D eigenvalue weighted by molar-refractivity contribution is -0.129. The normalized spacial score (nSPS) is 24.5. The van der Waals surface area contributed by atoms with Crippen LogP contribution in [0.1, 0.15) is 20.8 Å². The Morgan fingerprint density at radius 1 is 1.60 bits per heavy atom. The molecule has 0 unspecified atom stereocenters. The van der Waals surface area contributed by atoms with E-state index in [9.17, 15) is 4.79 Å². The number of hydrogen-bond acceptors (Lipinski definition) is 3. The number of nitrogens with two attached hydrogens (primary N) is 1. The summed E-state index contributed by atoms with van der Waals surface area (Å²) >= 11 is 0. The Labute approximate surface area is 91.8 Å². The van der Waals surface area contributed by atoms with Crippen molar-refractivity contribution in [2.45, 2.75) is 20.8 Å². The van der Waals surface area contributed by atoms with E-state index < -0.39 is 0 Å². The molecule has 88 valence electrons.